The number of nitrogens with one attached hydrogen (secondary N) is 1. The van der Waals surface area contributed by atoms with Crippen molar-refractivity contribution >= 4 is 11.9 Å². The molecule has 0 fully saturated rings. The molecule has 1 aromatic carbocycles. The van der Waals surface area contributed by atoms with Crippen LogP contribution < -0.4 is 11.1 Å². The minimum Gasteiger partial charge on any atom is -0.467 e. The Balaban J connectivity index is 2.80. The van der Waals surface area contributed by atoms with Gasteiger partial charge >= 0.3 is 5.97 Å². The van der Waals surface area contributed by atoms with E-state index in [-0.39, 0.29) is 11.3 Å². The minimum absolute atomic E-state index is 0.353. The molecule has 5 heteroatoms. The Kier molecular flexibility index (Phi) is 5.90. The third-order valence-electron chi connectivity index (χ3n) is 3.30. The Morgan fingerprint density at radius 2 is 1.81 bits per heavy atom. The number of methoxy groups -OCH3 is 1. The number of carbonyl (C=O) groups is 2. The highest BCUT2D eigenvalue weighted by molar-refractivity contribution is 5.88. The summed E-state index contributed by atoms with van der Waals surface area (Å²) in [5, 5.41) is 2.68. The summed E-state index contributed by atoms with van der Waals surface area (Å²) < 4.78 is 4.76. The fourth-order valence-electron chi connectivity index (χ4n) is 1.84. The van der Waals surface area contributed by atoms with Gasteiger partial charge < -0.3 is 15.8 Å². The van der Waals surface area contributed by atoms with Crippen LogP contribution in [0.25, 0.3) is 0 Å². The lowest BCUT2D eigenvalue weighted by Gasteiger charge is -2.27. The third kappa shape index (κ3) is 5.19. The van der Waals surface area contributed by atoms with Gasteiger partial charge in [-0.1, -0.05) is 51.1 Å². The zero-order valence-electron chi connectivity index (χ0n) is 13.1. The van der Waals surface area contributed by atoms with Gasteiger partial charge in [-0.2, -0.15) is 0 Å². The number of benzene rings is 1. The van der Waals surface area contributed by atoms with Crippen molar-refractivity contribution in [3.8, 4) is 0 Å². The summed E-state index contributed by atoms with van der Waals surface area (Å²) in [7, 11) is 1.30. The lowest BCUT2D eigenvalue weighted by atomic mass is 9.86. The average molecular weight is 292 g/mol. The standard InChI is InChI=1S/C16H24N2O3/c1-16(2,3)13(17)14(19)18-12(15(20)21-4)10-11-8-6-5-7-9-11/h5-9,12-13H,10,17H2,1-4H3,(H,18,19)/t12?,13-/m0/s1. The average Bonchev–Trinajstić information content (AvgIpc) is 2.44. The smallest absolute Gasteiger partial charge is 0.328 e. The van der Waals surface area contributed by atoms with Crippen molar-refractivity contribution in [2.24, 2.45) is 11.1 Å². The molecular weight excluding hydrogens is 268 g/mol. The highest BCUT2D eigenvalue weighted by Crippen LogP contribution is 2.17. The first-order valence-electron chi connectivity index (χ1n) is 6.93. The predicted molar refractivity (Wildman–Crippen MR) is 81.5 cm³/mol. The first-order valence-corrected chi connectivity index (χ1v) is 6.93. The van der Waals surface area contributed by atoms with Gasteiger partial charge in [0, 0.05) is 6.42 Å². The Labute approximate surface area is 125 Å². The molecule has 0 aliphatic carbocycles. The molecule has 116 valence electrons. The van der Waals surface area contributed by atoms with Crippen LogP contribution in [0.1, 0.15) is 26.3 Å². The van der Waals surface area contributed by atoms with Crippen LogP contribution in [0.15, 0.2) is 30.3 Å². The fraction of sp³-hybridized carbons (Fsp3) is 0.500. The summed E-state index contributed by atoms with van der Waals surface area (Å²) in [6, 6.07) is 8.01. The molecule has 0 saturated carbocycles. The van der Waals surface area contributed by atoms with Crippen LogP contribution in [0.4, 0.5) is 0 Å². The lowest BCUT2D eigenvalue weighted by Crippen LogP contribution is -2.53. The van der Waals surface area contributed by atoms with E-state index in [1.54, 1.807) is 0 Å². The number of ether oxygens (including phenoxy) is 1. The summed E-state index contributed by atoms with van der Waals surface area (Å²) in [4.78, 5) is 24.0. The largest absolute Gasteiger partial charge is 0.467 e. The van der Waals surface area contributed by atoms with Gasteiger partial charge in [0.2, 0.25) is 5.91 Å². The summed E-state index contributed by atoms with van der Waals surface area (Å²) in [5.41, 5.74) is 6.48. The van der Waals surface area contributed by atoms with Crippen molar-refractivity contribution in [3.05, 3.63) is 35.9 Å². The van der Waals surface area contributed by atoms with Gasteiger partial charge in [0.15, 0.2) is 0 Å². The molecule has 0 aliphatic heterocycles. The van der Waals surface area contributed by atoms with E-state index in [2.05, 4.69) is 5.32 Å². The van der Waals surface area contributed by atoms with Crippen molar-refractivity contribution in [2.45, 2.75) is 39.3 Å². The number of amides is 1. The van der Waals surface area contributed by atoms with Crippen LogP contribution in [0.3, 0.4) is 0 Å². The number of nitrogens with two attached hydrogens (primary N) is 1. The Hall–Kier alpha value is -1.88. The molecule has 1 amide bonds. The molecule has 0 spiro atoms. The molecule has 1 unspecified atom stereocenters. The molecule has 0 saturated heterocycles. The van der Waals surface area contributed by atoms with E-state index in [4.69, 9.17) is 10.5 Å². The van der Waals surface area contributed by atoms with Crippen molar-refractivity contribution in [1.82, 2.24) is 5.32 Å². The number of hydrogen-bond donors (Lipinski definition) is 2. The van der Waals surface area contributed by atoms with Crippen LogP contribution >= 0.6 is 0 Å². The number of carbonyl (C=O) groups excluding carboxylic acids is 2. The Morgan fingerprint density at radius 3 is 2.29 bits per heavy atom. The summed E-state index contributed by atoms with van der Waals surface area (Å²) in [5.74, 6) is -0.831. The van der Waals surface area contributed by atoms with E-state index in [0.717, 1.165) is 5.56 Å². The first-order chi connectivity index (χ1) is 9.75. The van der Waals surface area contributed by atoms with Crippen LogP contribution in [-0.4, -0.2) is 31.1 Å². The molecule has 0 aromatic heterocycles. The van der Waals surface area contributed by atoms with E-state index in [9.17, 15) is 9.59 Å². The normalized spacial score (nSPS) is 14.1. The number of hydrogen-bond acceptors (Lipinski definition) is 4. The molecule has 3 N–H and O–H groups in total. The topological polar surface area (TPSA) is 81.4 Å². The second-order valence-electron chi connectivity index (χ2n) is 6.12. The molecule has 5 nitrogen and oxygen atoms in total. The maximum absolute atomic E-state index is 12.2. The van der Waals surface area contributed by atoms with E-state index >= 15 is 0 Å². The zero-order chi connectivity index (χ0) is 16.0. The summed E-state index contributed by atoms with van der Waals surface area (Å²) in [6.07, 6.45) is 0.371. The number of rotatable bonds is 5. The van der Waals surface area contributed by atoms with Crippen molar-refractivity contribution in [3.63, 3.8) is 0 Å². The van der Waals surface area contributed by atoms with Crippen molar-refractivity contribution < 1.29 is 14.3 Å². The van der Waals surface area contributed by atoms with Crippen molar-refractivity contribution in [2.75, 3.05) is 7.11 Å². The van der Waals surface area contributed by atoms with Gasteiger partial charge in [0.05, 0.1) is 13.2 Å². The molecule has 2 atom stereocenters. The molecule has 0 bridgehead atoms. The molecule has 0 heterocycles. The number of esters is 1. The van der Waals surface area contributed by atoms with Gasteiger partial charge in [-0.3, -0.25) is 4.79 Å². The Bertz CT molecular complexity index is 480. The quantitative estimate of drug-likeness (QED) is 0.801. The fourth-order valence-corrected chi connectivity index (χ4v) is 1.84. The maximum atomic E-state index is 12.2. The first kappa shape index (κ1) is 17.2. The van der Waals surface area contributed by atoms with E-state index in [0.29, 0.717) is 6.42 Å². The minimum atomic E-state index is -0.738. The van der Waals surface area contributed by atoms with Gasteiger partial charge in [0.25, 0.3) is 0 Å². The summed E-state index contributed by atoms with van der Waals surface area (Å²) >= 11 is 0. The van der Waals surface area contributed by atoms with Crippen LogP contribution in [0, 0.1) is 5.41 Å². The highest BCUT2D eigenvalue weighted by Gasteiger charge is 2.31. The monoisotopic (exact) mass is 292 g/mol. The Morgan fingerprint density at radius 1 is 1.24 bits per heavy atom. The van der Waals surface area contributed by atoms with Crippen molar-refractivity contribution in [1.29, 1.82) is 0 Å². The SMILES string of the molecule is COC(=O)C(Cc1ccccc1)NC(=O)[C@H](N)C(C)(C)C. The van der Waals surface area contributed by atoms with E-state index < -0.39 is 18.1 Å². The molecule has 0 aliphatic rings. The second-order valence-corrected chi connectivity index (χ2v) is 6.12. The zero-order valence-corrected chi connectivity index (χ0v) is 13.1. The molecule has 0 radical (unpaired) electrons. The highest BCUT2D eigenvalue weighted by atomic mass is 16.5. The molecule has 21 heavy (non-hydrogen) atoms. The van der Waals surface area contributed by atoms with Gasteiger partial charge in [0.1, 0.15) is 6.04 Å². The van der Waals surface area contributed by atoms with E-state index in [1.807, 2.05) is 51.1 Å². The second kappa shape index (κ2) is 7.22. The molecule has 1 aromatic rings. The van der Waals surface area contributed by atoms with E-state index in [1.165, 1.54) is 7.11 Å². The van der Waals surface area contributed by atoms with Gasteiger partial charge in [-0.15, -0.1) is 0 Å². The van der Waals surface area contributed by atoms with Gasteiger partial charge in [-0.25, -0.2) is 4.79 Å². The summed E-state index contributed by atoms with van der Waals surface area (Å²) in [6.45, 7) is 5.63. The van der Waals surface area contributed by atoms with Crippen LogP contribution in [0.2, 0.25) is 0 Å². The maximum Gasteiger partial charge on any atom is 0.328 e. The molecular formula is C16H24N2O3. The lowest BCUT2D eigenvalue weighted by molar-refractivity contribution is -0.145. The van der Waals surface area contributed by atoms with Crippen LogP contribution in [-0.2, 0) is 20.7 Å². The molecule has 1 rings (SSSR count). The van der Waals surface area contributed by atoms with Gasteiger partial charge in [-0.05, 0) is 11.0 Å². The van der Waals surface area contributed by atoms with Crippen LogP contribution in [0.5, 0.6) is 0 Å². The predicted octanol–water partition coefficient (Wildman–Crippen LogP) is 1.26. The third-order valence-corrected chi connectivity index (χ3v) is 3.30.